The van der Waals surface area contributed by atoms with E-state index in [1.54, 1.807) is 6.07 Å². The largest absolute Gasteiger partial charge is 0.372 e. The third kappa shape index (κ3) is 1.90. The van der Waals surface area contributed by atoms with Gasteiger partial charge in [0, 0.05) is 17.7 Å². The van der Waals surface area contributed by atoms with E-state index in [9.17, 15) is 4.39 Å². The van der Waals surface area contributed by atoms with E-state index < -0.39 is 0 Å². The second kappa shape index (κ2) is 3.85. The standard InChI is InChI=1S/C10H11ClFNO/c11-7-3-6(4-8(12)5-7)10-9(13)1-2-14-10/h3-5,9-10H,1-2,13H2. The summed E-state index contributed by atoms with van der Waals surface area (Å²) in [4.78, 5) is 0. The van der Waals surface area contributed by atoms with Gasteiger partial charge in [0.2, 0.25) is 0 Å². The first kappa shape index (κ1) is 9.90. The molecule has 0 amide bonds. The summed E-state index contributed by atoms with van der Waals surface area (Å²) in [7, 11) is 0. The maximum absolute atomic E-state index is 13.0. The Balaban J connectivity index is 2.31. The molecular weight excluding hydrogens is 205 g/mol. The van der Waals surface area contributed by atoms with Crippen LogP contribution in [0, 0.1) is 5.82 Å². The first-order chi connectivity index (χ1) is 6.66. The monoisotopic (exact) mass is 215 g/mol. The Labute approximate surface area is 86.8 Å². The van der Waals surface area contributed by atoms with E-state index in [1.807, 2.05) is 0 Å². The third-order valence-corrected chi connectivity index (χ3v) is 2.57. The normalized spacial score (nSPS) is 26.8. The molecule has 1 heterocycles. The van der Waals surface area contributed by atoms with Crippen LogP contribution in [0.4, 0.5) is 4.39 Å². The molecule has 2 N–H and O–H groups in total. The van der Waals surface area contributed by atoms with Gasteiger partial charge in [-0.05, 0) is 30.2 Å². The van der Waals surface area contributed by atoms with E-state index >= 15 is 0 Å². The predicted octanol–water partition coefficient (Wildman–Crippen LogP) is 2.27. The van der Waals surface area contributed by atoms with Crippen molar-refractivity contribution in [1.82, 2.24) is 0 Å². The summed E-state index contributed by atoms with van der Waals surface area (Å²) in [5.41, 5.74) is 6.54. The van der Waals surface area contributed by atoms with Crippen molar-refractivity contribution in [3.8, 4) is 0 Å². The fraction of sp³-hybridized carbons (Fsp3) is 0.400. The van der Waals surface area contributed by atoms with Crippen LogP contribution >= 0.6 is 11.6 Å². The number of nitrogens with two attached hydrogens (primary N) is 1. The Morgan fingerprint density at radius 1 is 1.43 bits per heavy atom. The van der Waals surface area contributed by atoms with E-state index in [-0.39, 0.29) is 18.0 Å². The number of rotatable bonds is 1. The van der Waals surface area contributed by atoms with Crippen LogP contribution in [-0.2, 0) is 4.74 Å². The molecule has 2 unspecified atom stereocenters. The van der Waals surface area contributed by atoms with Crippen molar-refractivity contribution in [2.45, 2.75) is 18.6 Å². The Morgan fingerprint density at radius 3 is 2.79 bits per heavy atom. The Morgan fingerprint density at radius 2 is 2.21 bits per heavy atom. The van der Waals surface area contributed by atoms with Crippen molar-refractivity contribution in [3.63, 3.8) is 0 Å². The molecule has 0 radical (unpaired) electrons. The lowest BCUT2D eigenvalue weighted by Crippen LogP contribution is -2.23. The van der Waals surface area contributed by atoms with Gasteiger partial charge in [0.25, 0.3) is 0 Å². The van der Waals surface area contributed by atoms with Gasteiger partial charge < -0.3 is 10.5 Å². The molecule has 0 bridgehead atoms. The lowest BCUT2D eigenvalue weighted by molar-refractivity contribution is 0.105. The van der Waals surface area contributed by atoms with Crippen molar-refractivity contribution >= 4 is 11.6 Å². The molecule has 1 fully saturated rings. The van der Waals surface area contributed by atoms with Gasteiger partial charge in [-0.3, -0.25) is 0 Å². The third-order valence-electron chi connectivity index (χ3n) is 2.35. The van der Waals surface area contributed by atoms with Crippen LogP contribution in [0.15, 0.2) is 18.2 Å². The van der Waals surface area contributed by atoms with Gasteiger partial charge in [-0.2, -0.15) is 0 Å². The summed E-state index contributed by atoms with van der Waals surface area (Å²) in [6, 6.07) is 4.32. The first-order valence-corrected chi connectivity index (χ1v) is 4.88. The molecule has 1 aliphatic heterocycles. The molecule has 1 aliphatic rings. The van der Waals surface area contributed by atoms with Gasteiger partial charge in [0.05, 0.1) is 6.10 Å². The fourth-order valence-electron chi connectivity index (χ4n) is 1.69. The molecule has 2 nitrogen and oxygen atoms in total. The molecule has 14 heavy (non-hydrogen) atoms. The molecule has 1 aromatic carbocycles. The molecule has 76 valence electrons. The number of ether oxygens (including phenoxy) is 1. The first-order valence-electron chi connectivity index (χ1n) is 4.50. The Hall–Kier alpha value is -0.640. The average Bonchev–Trinajstić information content (AvgIpc) is 2.49. The van der Waals surface area contributed by atoms with Crippen LogP contribution in [-0.4, -0.2) is 12.6 Å². The molecule has 2 rings (SSSR count). The van der Waals surface area contributed by atoms with E-state index in [2.05, 4.69) is 0 Å². The predicted molar refractivity (Wildman–Crippen MR) is 52.7 cm³/mol. The van der Waals surface area contributed by atoms with Crippen molar-refractivity contribution in [3.05, 3.63) is 34.6 Å². The summed E-state index contributed by atoms with van der Waals surface area (Å²) in [6.45, 7) is 0.625. The molecule has 0 aliphatic carbocycles. The summed E-state index contributed by atoms with van der Waals surface area (Å²) in [5, 5.41) is 0.378. The molecule has 1 saturated heterocycles. The minimum Gasteiger partial charge on any atom is -0.372 e. The van der Waals surface area contributed by atoms with E-state index in [4.69, 9.17) is 22.1 Å². The highest BCUT2D eigenvalue weighted by molar-refractivity contribution is 6.30. The van der Waals surface area contributed by atoms with Gasteiger partial charge in [0.1, 0.15) is 5.82 Å². The molecule has 1 aromatic rings. The van der Waals surface area contributed by atoms with Crippen molar-refractivity contribution in [1.29, 1.82) is 0 Å². The second-order valence-corrected chi connectivity index (χ2v) is 3.88. The van der Waals surface area contributed by atoms with Crippen molar-refractivity contribution in [2.75, 3.05) is 6.61 Å². The van der Waals surface area contributed by atoms with Gasteiger partial charge >= 0.3 is 0 Å². The zero-order valence-corrected chi connectivity index (χ0v) is 8.30. The maximum atomic E-state index is 13.0. The molecular formula is C10H11ClFNO. The summed E-state index contributed by atoms with van der Waals surface area (Å²) < 4.78 is 18.4. The van der Waals surface area contributed by atoms with Crippen LogP contribution in [0.2, 0.25) is 5.02 Å². The zero-order chi connectivity index (χ0) is 10.1. The molecule has 0 saturated carbocycles. The van der Waals surface area contributed by atoms with Gasteiger partial charge in [-0.1, -0.05) is 11.6 Å². The lowest BCUT2D eigenvalue weighted by atomic mass is 10.0. The zero-order valence-electron chi connectivity index (χ0n) is 7.54. The van der Waals surface area contributed by atoms with E-state index in [1.165, 1.54) is 12.1 Å². The van der Waals surface area contributed by atoms with Gasteiger partial charge in [-0.15, -0.1) is 0 Å². The van der Waals surface area contributed by atoms with Crippen LogP contribution in [0.1, 0.15) is 18.1 Å². The summed E-state index contributed by atoms with van der Waals surface area (Å²) in [5.74, 6) is -0.352. The fourth-order valence-corrected chi connectivity index (χ4v) is 1.92. The number of hydrogen-bond donors (Lipinski definition) is 1. The van der Waals surface area contributed by atoms with Gasteiger partial charge in [0.15, 0.2) is 0 Å². The molecule has 2 atom stereocenters. The highest BCUT2D eigenvalue weighted by Gasteiger charge is 2.26. The van der Waals surface area contributed by atoms with Crippen LogP contribution in [0.5, 0.6) is 0 Å². The van der Waals surface area contributed by atoms with Crippen molar-refractivity contribution < 1.29 is 9.13 Å². The molecule has 0 spiro atoms. The van der Waals surface area contributed by atoms with Crippen LogP contribution in [0.3, 0.4) is 0 Å². The summed E-state index contributed by atoms with van der Waals surface area (Å²) >= 11 is 5.74. The maximum Gasteiger partial charge on any atom is 0.125 e. The Bertz CT molecular complexity index is 325. The topological polar surface area (TPSA) is 35.2 Å². The van der Waals surface area contributed by atoms with E-state index in [0.29, 0.717) is 11.6 Å². The smallest absolute Gasteiger partial charge is 0.125 e. The highest BCUT2D eigenvalue weighted by Crippen LogP contribution is 2.29. The number of hydrogen-bond acceptors (Lipinski definition) is 2. The van der Waals surface area contributed by atoms with Gasteiger partial charge in [-0.25, -0.2) is 4.39 Å². The number of halogens is 2. The van der Waals surface area contributed by atoms with E-state index in [0.717, 1.165) is 12.0 Å². The Kier molecular flexibility index (Phi) is 2.72. The summed E-state index contributed by atoms with van der Waals surface area (Å²) in [6.07, 6.45) is 0.585. The average molecular weight is 216 g/mol. The number of benzene rings is 1. The van der Waals surface area contributed by atoms with Crippen LogP contribution in [0.25, 0.3) is 0 Å². The van der Waals surface area contributed by atoms with Crippen LogP contribution < -0.4 is 5.73 Å². The lowest BCUT2D eigenvalue weighted by Gasteiger charge is -2.15. The molecule has 0 aromatic heterocycles. The second-order valence-electron chi connectivity index (χ2n) is 3.45. The molecule has 4 heteroatoms. The highest BCUT2D eigenvalue weighted by atomic mass is 35.5. The van der Waals surface area contributed by atoms with Crippen molar-refractivity contribution in [2.24, 2.45) is 5.73 Å². The SMILES string of the molecule is NC1CCOC1c1cc(F)cc(Cl)c1. The quantitative estimate of drug-likeness (QED) is 0.780. The minimum atomic E-state index is -0.352. The minimum absolute atomic E-state index is 0.0622.